The number of nitrogens with zero attached hydrogens (tertiary/aromatic N) is 2. The average Bonchev–Trinajstić information content (AvgIpc) is 2.98. The zero-order chi connectivity index (χ0) is 14.0. The Morgan fingerprint density at radius 2 is 2.32 bits per heavy atom. The average molecular weight is 266 g/mol. The lowest BCUT2D eigenvalue weighted by Gasteiger charge is -2.25. The van der Waals surface area contributed by atoms with E-state index in [1.54, 1.807) is 42.4 Å². The Morgan fingerprint density at radius 1 is 1.58 bits per heavy atom. The number of aliphatic carboxylic acids is 1. The number of furan rings is 1. The molecule has 0 radical (unpaired) electrons. The third kappa shape index (κ3) is 2.72. The summed E-state index contributed by atoms with van der Waals surface area (Å²) in [6, 6.07) is 1.65. The lowest BCUT2D eigenvalue weighted by molar-refractivity contribution is -0.147. The number of hydrogen-bond acceptors (Lipinski definition) is 3. The molecule has 6 nitrogen and oxygen atoms in total. The molecule has 2 amide bonds. The van der Waals surface area contributed by atoms with Gasteiger partial charge in [-0.15, -0.1) is 0 Å². The van der Waals surface area contributed by atoms with Crippen LogP contribution in [-0.4, -0.2) is 47.0 Å². The van der Waals surface area contributed by atoms with Gasteiger partial charge in [0.2, 0.25) is 0 Å². The Labute approximate surface area is 111 Å². The molecule has 1 unspecified atom stereocenters. The summed E-state index contributed by atoms with van der Waals surface area (Å²) >= 11 is 0. The third-order valence-electron chi connectivity index (χ3n) is 3.59. The molecule has 0 bridgehead atoms. The topological polar surface area (TPSA) is 74.0 Å². The number of likely N-dealkylation sites (tertiary alicyclic amines) is 1. The number of carboxylic acid groups (broad SMARTS) is 1. The van der Waals surface area contributed by atoms with Crippen molar-refractivity contribution >= 4 is 12.0 Å². The molecular formula is C13H18N2O4. The summed E-state index contributed by atoms with van der Waals surface area (Å²) in [6.07, 6.45) is 3.65. The number of carboxylic acids is 1. The van der Waals surface area contributed by atoms with E-state index >= 15 is 0 Å². The molecule has 1 aliphatic heterocycles. The first-order valence-electron chi connectivity index (χ1n) is 6.17. The van der Waals surface area contributed by atoms with E-state index in [9.17, 15) is 9.59 Å². The molecule has 1 aromatic rings. The van der Waals surface area contributed by atoms with Crippen LogP contribution in [0, 0.1) is 5.41 Å². The lowest BCUT2D eigenvalue weighted by atomic mass is 9.90. The Bertz CT molecular complexity index is 471. The number of amides is 2. The maximum Gasteiger partial charge on any atom is 0.320 e. The molecule has 1 atom stereocenters. The Hall–Kier alpha value is -1.98. The summed E-state index contributed by atoms with van der Waals surface area (Å²) in [5, 5.41) is 9.15. The van der Waals surface area contributed by atoms with Gasteiger partial charge in [-0.25, -0.2) is 4.79 Å². The van der Waals surface area contributed by atoms with Crippen molar-refractivity contribution in [3.63, 3.8) is 0 Å². The van der Waals surface area contributed by atoms with E-state index in [1.807, 2.05) is 0 Å². The molecule has 1 fully saturated rings. The van der Waals surface area contributed by atoms with Gasteiger partial charge >= 0.3 is 12.0 Å². The van der Waals surface area contributed by atoms with Crippen molar-refractivity contribution in [3.8, 4) is 0 Å². The number of rotatable bonds is 3. The van der Waals surface area contributed by atoms with E-state index < -0.39 is 11.4 Å². The molecule has 0 aliphatic carbocycles. The van der Waals surface area contributed by atoms with Gasteiger partial charge in [-0.05, 0) is 19.4 Å². The number of hydrogen-bond donors (Lipinski definition) is 1. The molecule has 1 aromatic heterocycles. The summed E-state index contributed by atoms with van der Waals surface area (Å²) in [5.41, 5.74) is 0.0858. The van der Waals surface area contributed by atoms with Crippen LogP contribution in [0.2, 0.25) is 0 Å². The van der Waals surface area contributed by atoms with Crippen molar-refractivity contribution < 1.29 is 19.1 Å². The van der Waals surface area contributed by atoms with Crippen molar-refractivity contribution in [3.05, 3.63) is 24.2 Å². The first-order chi connectivity index (χ1) is 8.92. The van der Waals surface area contributed by atoms with Gasteiger partial charge in [-0.2, -0.15) is 0 Å². The normalized spacial score (nSPS) is 22.5. The molecule has 0 aromatic carbocycles. The monoisotopic (exact) mass is 266 g/mol. The van der Waals surface area contributed by atoms with Gasteiger partial charge in [0.25, 0.3) is 0 Å². The molecule has 1 saturated heterocycles. The predicted molar refractivity (Wildman–Crippen MR) is 67.5 cm³/mol. The zero-order valence-corrected chi connectivity index (χ0v) is 11.1. The van der Waals surface area contributed by atoms with Crippen molar-refractivity contribution in [2.24, 2.45) is 5.41 Å². The minimum atomic E-state index is -0.847. The Kier molecular flexibility index (Phi) is 3.50. The fourth-order valence-corrected chi connectivity index (χ4v) is 2.26. The fraction of sp³-hybridized carbons (Fsp3) is 0.538. The summed E-state index contributed by atoms with van der Waals surface area (Å²) in [7, 11) is 1.70. The second-order valence-electron chi connectivity index (χ2n) is 5.31. The lowest BCUT2D eigenvalue weighted by Crippen LogP contribution is -2.41. The van der Waals surface area contributed by atoms with Gasteiger partial charge in [0, 0.05) is 25.7 Å². The van der Waals surface area contributed by atoms with Crippen molar-refractivity contribution in [2.75, 3.05) is 20.1 Å². The molecule has 1 N–H and O–H groups in total. The Morgan fingerprint density at radius 3 is 2.84 bits per heavy atom. The van der Waals surface area contributed by atoms with Crippen LogP contribution < -0.4 is 0 Å². The van der Waals surface area contributed by atoms with Crippen LogP contribution in [0.3, 0.4) is 0 Å². The summed E-state index contributed by atoms with van der Waals surface area (Å²) in [5.74, 6) is -0.847. The van der Waals surface area contributed by atoms with Crippen molar-refractivity contribution in [1.82, 2.24) is 9.80 Å². The molecule has 0 saturated carbocycles. The predicted octanol–water partition coefficient (Wildman–Crippen LogP) is 1.63. The maximum atomic E-state index is 12.2. The largest absolute Gasteiger partial charge is 0.481 e. The van der Waals surface area contributed by atoms with Crippen LogP contribution in [0.25, 0.3) is 0 Å². The third-order valence-corrected chi connectivity index (χ3v) is 3.59. The van der Waals surface area contributed by atoms with Gasteiger partial charge in [0.1, 0.15) is 0 Å². The van der Waals surface area contributed by atoms with Crippen LogP contribution in [0.15, 0.2) is 23.0 Å². The molecule has 104 valence electrons. The van der Waals surface area contributed by atoms with Crippen LogP contribution in [-0.2, 0) is 11.3 Å². The van der Waals surface area contributed by atoms with Crippen LogP contribution >= 0.6 is 0 Å². The standard InChI is InChI=1S/C13H18N2O4/c1-13(11(16)17)4-5-15(9-13)12(18)14(2)7-10-3-6-19-8-10/h3,6,8H,4-5,7,9H2,1-2H3,(H,16,17). The highest BCUT2D eigenvalue weighted by Gasteiger charge is 2.42. The smallest absolute Gasteiger partial charge is 0.320 e. The van der Waals surface area contributed by atoms with Gasteiger partial charge in [0.05, 0.1) is 24.5 Å². The van der Waals surface area contributed by atoms with Crippen LogP contribution in [0.4, 0.5) is 4.79 Å². The molecule has 1 aliphatic rings. The highest BCUT2D eigenvalue weighted by molar-refractivity contribution is 5.79. The second kappa shape index (κ2) is 4.95. The number of carbonyl (C=O) groups is 2. The van der Waals surface area contributed by atoms with Gasteiger partial charge < -0.3 is 19.3 Å². The van der Waals surface area contributed by atoms with E-state index in [0.29, 0.717) is 19.5 Å². The minimum Gasteiger partial charge on any atom is -0.481 e. The zero-order valence-electron chi connectivity index (χ0n) is 11.1. The SMILES string of the molecule is CN(Cc1ccoc1)C(=O)N1CCC(C)(C(=O)O)C1. The van der Waals surface area contributed by atoms with E-state index in [2.05, 4.69) is 0 Å². The summed E-state index contributed by atoms with van der Waals surface area (Å²) in [4.78, 5) is 26.5. The molecule has 19 heavy (non-hydrogen) atoms. The van der Waals surface area contributed by atoms with E-state index in [0.717, 1.165) is 5.56 Å². The van der Waals surface area contributed by atoms with E-state index in [-0.39, 0.29) is 12.6 Å². The van der Waals surface area contributed by atoms with Crippen LogP contribution in [0.1, 0.15) is 18.9 Å². The highest BCUT2D eigenvalue weighted by atomic mass is 16.4. The molecule has 2 heterocycles. The van der Waals surface area contributed by atoms with Crippen LogP contribution in [0.5, 0.6) is 0 Å². The minimum absolute atomic E-state index is 0.147. The van der Waals surface area contributed by atoms with Gasteiger partial charge in [-0.1, -0.05) is 0 Å². The van der Waals surface area contributed by atoms with Gasteiger partial charge in [0.15, 0.2) is 0 Å². The highest BCUT2D eigenvalue weighted by Crippen LogP contribution is 2.30. The maximum absolute atomic E-state index is 12.2. The molecular weight excluding hydrogens is 248 g/mol. The number of urea groups is 1. The first-order valence-corrected chi connectivity index (χ1v) is 6.17. The summed E-state index contributed by atoms with van der Waals surface area (Å²) in [6.45, 7) is 2.88. The van der Waals surface area contributed by atoms with E-state index in [1.165, 1.54) is 0 Å². The molecule has 0 spiro atoms. The fourth-order valence-electron chi connectivity index (χ4n) is 2.26. The van der Waals surface area contributed by atoms with Crippen molar-refractivity contribution in [2.45, 2.75) is 19.9 Å². The van der Waals surface area contributed by atoms with Gasteiger partial charge in [-0.3, -0.25) is 4.79 Å². The molecule has 6 heteroatoms. The molecule has 2 rings (SSSR count). The van der Waals surface area contributed by atoms with E-state index in [4.69, 9.17) is 9.52 Å². The first kappa shape index (κ1) is 13.5. The second-order valence-corrected chi connectivity index (χ2v) is 5.31. The quantitative estimate of drug-likeness (QED) is 0.902. The number of carbonyl (C=O) groups excluding carboxylic acids is 1. The summed E-state index contributed by atoms with van der Waals surface area (Å²) < 4.78 is 4.96. The van der Waals surface area contributed by atoms with Crippen molar-refractivity contribution in [1.29, 1.82) is 0 Å². The Balaban J connectivity index is 1.96.